The van der Waals surface area contributed by atoms with Crippen molar-refractivity contribution in [3.05, 3.63) is 87.9 Å². The number of methoxy groups -OCH3 is 1. The fourth-order valence-electron chi connectivity index (χ4n) is 4.40. The number of halogens is 1. The molecule has 36 heavy (non-hydrogen) atoms. The van der Waals surface area contributed by atoms with Crippen molar-refractivity contribution in [2.24, 2.45) is 0 Å². The number of amides is 1. The number of sulfonamides is 1. The molecule has 1 N–H and O–H groups in total. The van der Waals surface area contributed by atoms with Crippen molar-refractivity contribution in [3.63, 3.8) is 0 Å². The molecule has 0 aromatic heterocycles. The third-order valence-corrected chi connectivity index (χ3v) is 8.91. The summed E-state index contributed by atoms with van der Waals surface area (Å²) in [5.74, 6) is 0.470. The van der Waals surface area contributed by atoms with Crippen molar-refractivity contribution < 1.29 is 17.9 Å². The van der Waals surface area contributed by atoms with Gasteiger partial charge in [0.1, 0.15) is 5.75 Å². The number of carbonyl (C=O) groups is 1. The fraction of sp³-hybridized carbons (Fsp3) is 0.321. The van der Waals surface area contributed by atoms with Crippen LogP contribution in [0.1, 0.15) is 53.6 Å². The topological polar surface area (TPSA) is 75.7 Å². The summed E-state index contributed by atoms with van der Waals surface area (Å²) in [6, 6.07) is 19.5. The van der Waals surface area contributed by atoms with Gasteiger partial charge in [-0.3, -0.25) is 9.10 Å². The van der Waals surface area contributed by atoms with E-state index in [-0.39, 0.29) is 23.4 Å². The maximum absolute atomic E-state index is 13.8. The zero-order valence-corrected chi connectivity index (χ0v) is 22.9. The molecule has 0 atom stereocenters. The Bertz CT molecular complexity index is 1300. The molecular formula is C28H31BrN2O4S. The van der Waals surface area contributed by atoms with Gasteiger partial charge in [-0.1, -0.05) is 49.1 Å². The molecule has 0 unspecified atom stereocenters. The molecule has 1 aliphatic rings. The van der Waals surface area contributed by atoms with Crippen LogP contribution in [0.15, 0.2) is 76.1 Å². The summed E-state index contributed by atoms with van der Waals surface area (Å²) in [7, 11) is -2.36. The lowest BCUT2D eigenvalue weighted by atomic mass is 9.95. The molecule has 0 aliphatic heterocycles. The number of benzene rings is 3. The summed E-state index contributed by atoms with van der Waals surface area (Å²) in [4.78, 5) is 12.8. The molecule has 8 heteroatoms. The lowest BCUT2D eigenvalue weighted by Gasteiger charge is -2.25. The maximum atomic E-state index is 13.8. The number of hydrogen-bond donors (Lipinski definition) is 1. The van der Waals surface area contributed by atoms with E-state index in [1.54, 1.807) is 42.5 Å². The molecule has 3 aromatic rings. The molecule has 3 aromatic carbocycles. The van der Waals surface area contributed by atoms with E-state index >= 15 is 0 Å². The number of nitrogens with zero attached hydrogens (tertiary/aromatic N) is 1. The Balaban J connectivity index is 1.59. The van der Waals surface area contributed by atoms with Crippen molar-refractivity contribution in [2.45, 2.75) is 56.5 Å². The molecule has 0 spiro atoms. The number of hydrogen-bond acceptors (Lipinski definition) is 4. The van der Waals surface area contributed by atoms with Crippen molar-refractivity contribution in [2.75, 3.05) is 11.4 Å². The number of aryl methyl sites for hydroxylation is 1. The highest BCUT2D eigenvalue weighted by Gasteiger charge is 2.26. The summed E-state index contributed by atoms with van der Waals surface area (Å²) in [5.41, 5.74) is 2.96. The number of nitrogens with one attached hydrogen (secondary N) is 1. The predicted molar refractivity (Wildman–Crippen MR) is 146 cm³/mol. The highest BCUT2D eigenvalue weighted by molar-refractivity contribution is 9.10. The zero-order chi connectivity index (χ0) is 25.7. The van der Waals surface area contributed by atoms with Gasteiger partial charge in [-0.05, 0) is 83.7 Å². The second-order valence-corrected chi connectivity index (χ2v) is 11.9. The highest BCUT2D eigenvalue weighted by Crippen LogP contribution is 2.32. The molecule has 1 amide bonds. The van der Waals surface area contributed by atoms with Gasteiger partial charge < -0.3 is 10.1 Å². The maximum Gasteiger partial charge on any atom is 0.264 e. The second-order valence-electron chi connectivity index (χ2n) is 9.15. The Hall–Kier alpha value is -2.84. The Morgan fingerprint density at radius 2 is 1.67 bits per heavy atom. The summed E-state index contributed by atoms with van der Waals surface area (Å²) in [6.07, 6.45) is 5.58. The van der Waals surface area contributed by atoms with Gasteiger partial charge in [-0.15, -0.1) is 0 Å². The lowest BCUT2D eigenvalue weighted by molar-refractivity contribution is 0.0927. The molecule has 0 radical (unpaired) electrons. The predicted octanol–water partition coefficient (Wildman–Crippen LogP) is 6.22. The third-order valence-electron chi connectivity index (χ3n) is 6.52. The minimum Gasteiger partial charge on any atom is -0.496 e. The Kier molecular flexibility index (Phi) is 8.36. The van der Waals surface area contributed by atoms with E-state index < -0.39 is 10.0 Å². The van der Waals surface area contributed by atoms with Crippen LogP contribution in [0, 0.1) is 6.92 Å². The SMILES string of the molecule is COc1ccc(S(=O)(=O)N(Cc2ccc(C(=O)NC3CCCCC3)cc2)c2ccc(C)cc2)cc1Br. The minimum atomic E-state index is -3.89. The second kappa shape index (κ2) is 11.5. The lowest BCUT2D eigenvalue weighted by Crippen LogP contribution is -2.36. The largest absolute Gasteiger partial charge is 0.496 e. The Labute approximate surface area is 221 Å². The van der Waals surface area contributed by atoms with E-state index in [2.05, 4.69) is 21.2 Å². The van der Waals surface area contributed by atoms with Gasteiger partial charge in [0.15, 0.2) is 0 Å². The van der Waals surface area contributed by atoms with Crippen molar-refractivity contribution >= 4 is 37.5 Å². The van der Waals surface area contributed by atoms with E-state index in [0.717, 1.165) is 36.8 Å². The van der Waals surface area contributed by atoms with Crippen LogP contribution >= 0.6 is 15.9 Å². The van der Waals surface area contributed by atoms with Crippen molar-refractivity contribution in [1.29, 1.82) is 0 Å². The number of ether oxygens (including phenoxy) is 1. The first-order valence-corrected chi connectivity index (χ1v) is 14.3. The van der Waals surface area contributed by atoms with Crippen LogP contribution in [0.25, 0.3) is 0 Å². The molecule has 190 valence electrons. The first-order valence-electron chi connectivity index (χ1n) is 12.1. The molecule has 1 saturated carbocycles. The average molecular weight is 572 g/mol. The van der Waals surface area contributed by atoms with Crippen LogP contribution in [0.2, 0.25) is 0 Å². The van der Waals surface area contributed by atoms with Gasteiger partial charge in [-0.2, -0.15) is 0 Å². The average Bonchev–Trinajstić information content (AvgIpc) is 2.88. The number of anilines is 1. The van der Waals surface area contributed by atoms with Crippen LogP contribution in [-0.2, 0) is 16.6 Å². The normalized spacial score (nSPS) is 14.3. The van der Waals surface area contributed by atoms with Crippen molar-refractivity contribution in [1.82, 2.24) is 5.32 Å². The molecule has 1 aliphatic carbocycles. The fourth-order valence-corrected chi connectivity index (χ4v) is 6.58. The van der Waals surface area contributed by atoms with Gasteiger partial charge in [0.25, 0.3) is 15.9 Å². The van der Waals surface area contributed by atoms with Gasteiger partial charge >= 0.3 is 0 Å². The smallest absolute Gasteiger partial charge is 0.264 e. The van der Waals surface area contributed by atoms with Crippen LogP contribution in [0.5, 0.6) is 5.75 Å². The highest BCUT2D eigenvalue weighted by atomic mass is 79.9. The van der Waals surface area contributed by atoms with E-state index in [9.17, 15) is 13.2 Å². The van der Waals surface area contributed by atoms with Gasteiger partial charge in [-0.25, -0.2) is 8.42 Å². The molecule has 0 saturated heterocycles. The molecule has 4 rings (SSSR count). The third kappa shape index (κ3) is 6.10. The van der Waals surface area contributed by atoms with Crippen LogP contribution in [0.3, 0.4) is 0 Å². The van der Waals surface area contributed by atoms with E-state index in [0.29, 0.717) is 21.5 Å². The number of rotatable bonds is 8. The molecule has 6 nitrogen and oxygen atoms in total. The summed E-state index contributed by atoms with van der Waals surface area (Å²) < 4.78 is 34.7. The van der Waals surface area contributed by atoms with Gasteiger partial charge in [0.2, 0.25) is 0 Å². The first kappa shape index (κ1) is 26.2. The summed E-state index contributed by atoms with van der Waals surface area (Å²) in [6.45, 7) is 2.08. The number of carbonyl (C=O) groups excluding carboxylic acids is 1. The molecule has 0 bridgehead atoms. The minimum absolute atomic E-state index is 0.0838. The monoisotopic (exact) mass is 570 g/mol. The van der Waals surface area contributed by atoms with Crippen molar-refractivity contribution in [3.8, 4) is 5.75 Å². The van der Waals surface area contributed by atoms with Gasteiger partial charge in [0, 0.05) is 11.6 Å². The van der Waals surface area contributed by atoms with Gasteiger partial charge in [0.05, 0.1) is 28.7 Å². The van der Waals surface area contributed by atoms with Crippen LogP contribution < -0.4 is 14.4 Å². The van der Waals surface area contributed by atoms with E-state index in [1.165, 1.54) is 17.8 Å². The molecule has 1 fully saturated rings. The standard InChI is InChI=1S/C28H31BrN2O4S/c1-20-8-14-24(15-9-20)31(36(33,34)25-16-17-27(35-2)26(29)18-25)19-21-10-12-22(13-11-21)28(32)30-23-6-4-3-5-7-23/h8-18,23H,3-7,19H2,1-2H3,(H,30,32). The van der Waals surface area contributed by atoms with E-state index in [1.807, 2.05) is 31.2 Å². The summed E-state index contributed by atoms with van der Waals surface area (Å²) >= 11 is 3.39. The molecule has 0 heterocycles. The Morgan fingerprint density at radius 1 is 1.00 bits per heavy atom. The Morgan fingerprint density at radius 3 is 2.28 bits per heavy atom. The summed E-state index contributed by atoms with van der Waals surface area (Å²) in [5, 5.41) is 3.13. The van der Waals surface area contributed by atoms with E-state index in [4.69, 9.17) is 4.74 Å². The quantitative estimate of drug-likeness (QED) is 0.348. The first-order chi connectivity index (χ1) is 17.3. The van der Waals surface area contributed by atoms with Crippen LogP contribution in [0.4, 0.5) is 5.69 Å². The van der Waals surface area contributed by atoms with Crippen LogP contribution in [-0.4, -0.2) is 27.5 Å². The zero-order valence-electron chi connectivity index (χ0n) is 20.5. The molecular weight excluding hydrogens is 540 g/mol.